The maximum atomic E-state index is 11.4. The number of aromatic hydroxyl groups is 2. The van der Waals surface area contributed by atoms with E-state index in [0.29, 0.717) is 6.54 Å². The van der Waals surface area contributed by atoms with Gasteiger partial charge < -0.3 is 15.5 Å². The van der Waals surface area contributed by atoms with Crippen molar-refractivity contribution in [2.75, 3.05) is 20.1 Å². The van der Waals surface area contributed by atoms with E-state index in [1.807, 2.05) is 18.7 Å². The number of amides is 1. The van der Waals surface area contributed by atoms with Crippen molar-refractivity contribution < 1.29 is 15.0 Å². The van der Waals surface area contributed by atoms with Gasteiger partial charge in [0.25, 0.3) is 0 Å². The molecule has 1 aromatic rings. The van der Waals surface area contributed by atoms with Gasteiger partial charge >= 0.3 is 0 Å². The number of carbonyl (C=O) groups is 1. The predicted octanol–water partition coefficient (Wildman–Crippen LogP) is 1.23. The van der Waals surface area contributed by atoms with Crippen molar-refractivity contribution in [2.45, 2.75) is 19.9 Å². The number of hydrogen-bond acceptors (Lipinski definition) is 4. The first kappa shape index (κ1) is 14.3. The Morgan fingerprint density at radius 2 is 1.89 bits per heavy atom. The first-order valence-corrected chi connectivity index (χ1v) is 5.95. The van der Waals surface area contributed by atoms with E-state index in [1.165, 1.54) is 6.07 Å². The Morgan fingerprint density at radius 3 is 2.33 bits per heavy atom. The average Bonchev–Trinajstić information content (AvgIpc) is 2.33. The molecule has 0 saturated carbocycles. The van der Waals surface area contributed by atoms with Crippen LogP contribution >= 0.6 is 0 Å². The van der Waals surface area contributed by atoms with Gasteiger partial charge in [-0.1, -0.05) is 6.92 Å². The Balaban J connectivity index is 2.88. The second-order valence-corrected chi connectivity index (χ2v) is 4.19. The van der Waals surface area contributed by atoms with Crippen molar-refractivity contribution in [3.8, 4) is 11.5 Å². The highest BCUT2D eigenvalue weighted by Crippen LogP contribution is 2.27. The number of nitrogens with one attached hydrogen (secondary N) is 1. The molecule has 1 aromatic carbocycles. The highest BCUT2D eigenvalue weighted by atomic mass is 16.3. The van der Waals surface area contributed by atoms with Gasteiger partial charge in [-0.15, -0.1) is 0 Å². The second kappa shape index (κ2) is 6.26. The lowest BCUT2D eigenvalue weighted by Crippen LogP contribution is -2.37. The summed E-state index contributed by atoms with van der Waals surface area (Å²) < 4.78 is 0. The molecule has 1 amide bonds. The summed E-state index contributed by atoms with van der Waals surface area (Å²) in [5.74, 6) is -0.0197. The minimum absolute atomic E-state index is 0.0212. The van der Waals surface area contributed by atoms with E-state index in [0.717, 1.165) is 5.56 Å². The van der Waals surface area contributed by atoms with Crippen LogP contribution < -0.4 is 5.32 Å². The third-order valence-electron chi connectivity index (χ3n) is 2.99. The smallest absolute Gasteiger partial charge is 0.233 e. The maximum Gasteiger partial charge on any atom is 0.233 e. The minimum atomic E-state index is -0.0645. The quantitative estimate of drug-likeness (QED) is 0.737. The molecule has 5 nitrogen and oxygen atoms in total. The minimum Gasteiger partial charge on any atom is -0.508 e. The lowest BCUT2D eigenvalue weighted by atomic mass is 10.1. The van der Waals surface area contributed by atoms with Crippen LogP contribution in [0.5, 0.6) is 11.5 Å². The number of phenols is 2. The van der Waals surface area contributed by atoms with E-state index in [1.54, 1.807) is 19.2 Å². The van der Waals surface area contributed by atoms with Crippen LogP contribution in [0.2, 0.25) is 0 Å². The van der Waals surface area contributed by atoms with Crippen LogP contribution in [0.15, 0.2) is 18.2 Å². The van der Waals surface area contributed by atoms with Crippen LogP contribution in [0.3, 0.4) is 0 Å². The number of benzene rings is 1. The fraction of sp³-hybridized carbons (Fsp3) is 0.462. The lowest BCUT2D eigenvalue weighted by molar-refractivity contribution is -0.122. The monoisotopic (exact) mass is 252 g/mol. The molecule has 0 aliphatic heterocycles. The lowest BCUT2D eigenvalue weighted by Gasteiger charge is -2.27. The number of likely N-dealkylation sites (N-methyl/N-ethyl adjacent to an activating group) is 2. The fourth-order valence-electron chi connectivity index (χ4n) is 1.86. The van der Waals surface area contributed by atoms with Crippen molar-refractivity contribution >= 4 is 5.91 Å². The van der Waals surface area contributed by atoms with Gasteiger partial charge in [-0.25, -0.2) is 0 Å². The third kappa shape index (κ3) is 3.63. The summed E-state index contributed by atoms with van der Waals surface area (Å²) in [6.07, 6.45) is 0. The van der Waals surface area contributed by atoms with Crippen LogP contribution in [-0.2, 0) is 4.79 Å². The third-order valence-corrected chi connectivity index (χ3v) is 2.99. The van der Waals surface area contributed by atoms with Crippen molar-refractivity contribution in [1.29, 1.82) is 0 Å². The molecule has 1 rings (SSSR count). The first-order chi connectivity index (χ1) is 8.47. The fourth-order valence-corrected chi connectivity index (χ4v) is 1.86. The summed E-state index contributed by atoms with van der Waals surface area (Å²) in [5, 5.41) is 21.5. The van der Waals surface area contributed by atoms with Gasteiger partial charge in [0.2, 0.25) is 5.91 Å². The Labute approximate surface area is 107 Å². The Kier molecular flexibility index (Phi) is 4.97. The molecule has 0 spiro atoms. The molecule has 3 N–H and O–H groups in total. The number of hydrogen-bond donors (Lipinski definition) is 3. The summed E-state index contributed by atoms with van der Waals surface area (Å²) in [7, 11) is 1.60. The number of rotatable bonds is 5. The molecule has 0 saturated heterocycles. The molecule has 1 unspecified atom stereocenters. The molecule has 0 aliphatic rings. The SMILES string of the molecule is CCN(CC(=O)NC)C(C)c1cc(O)cc(O)c1. The second-order valence-electron chi connectivity index (χ2n) is 4.19. The van der Waals surface area contributed by atoms with Crippen molar-refractivity contribution in [3.63, 3.8) is 0 Å². The van der Waals surface area contributed by atoms with Crippen LogP contribution in [0.4, 0.5) is 0 Å². The van der Waals surface area contributed by atoms with Crippen molar-refractivity contribution in [2.24, 2.45) is 0 Å². The van der Waals surface area contributed by atoms with Gasteiger partial charge in [-0.2, -0.15) is 0 Å². The highest BCUT2D eigenvalue weighted by Gasteiger charge is 2.17. The van der Waals surface area contributed by atoms with Crippen LogP contribution in [0.25, 0.3) is 0 Å². The summed E-state index contributed by atoms with van der Waals surface area (Å²) in [6, 6.07) is 4.41. The number of carbonyl (C=O) groups excluding carboxylic acids is 1. The standard InChI is InChI=1S/C13H20N2O3/c1-4-15(8-13(18)14-3)9(2)10-5-11(16)7-12(17)6-10/h5-7,9,16-17H,4,8H2,1-3H3,(H,14,18). The van der Waals surface area contributed by atoms with Gasteiger partial charge in [0.15, 0.2) is 0 Å². The van der Waals surface area contributed by atoms with E-state index in [2.05, 4.69) is 5.32 Å². The van der Waals surface area contributed by atoms with Crippen molar-refractivity contribution in [3.05, 3.63) is 23.8 Å². The number of phenolic OH excluding ortho intramolecular Hbond substituents is 2. The van der Waals surface area contributed by atoms with E-state index in [4.69, 9.17) is 0 Å². The highest BCUT2D eigenvalue weighted by molar-refractivity contribution is 5.77. The predicted molar refractivity (Wildman–Crippen MR) is 69.5 cm³/mol. The first-order valence-electron chi connectivity index (χ1n) is 5.95. The van der Waals surface area contributed by atoms with Gasteiger partial charge in [0.1, 0.15) is 11.5 Å². The van der Waals surface area contributed by atoms with E-state index in [9.17, 15) is 15.0 Å². The Hall–Kier alpha value is -1.75. The molecule has 0 fully saturated rings. The molecule has 5 heteroatoms. The Bertz CT molecular complexity index is 400. The zero-order valence-corrected chi connectivity index (χ0v) is 11.0. The number of nitrogens with zero attached hydrogens (tertiary/aromatic N) is 1. The van der Waals surface area contributed by atoms with Crippen LogP contribution in [0.1, 0.15) is 25.5 Å². The molecule has 0 aliphatic carbocycles. The molecule has 0 heterocycles. The average molecular weight is 252 g/mol. The van der Waals surface area contributed by atoms with Crippen LogP contribution in [0, 0.1) is 0 Å². The van der Waals surface area contributed by atoms with Gasteiger partial charge in [0.05, 0.1) is 6.54 Å². The molecule has 18 heavy (non-hydrogen) atoms. The zero-order valence-electron chi connectivity index (χ0n) is 11.0. The molecule has 1 atom stereocenters. The largest absolute Gasteiger partial charge is 0.508 e. The summed E-state index contributed by atoms with van der Waals surface area (Å²) >= 11 is 0. The zero-order chi connectivity index (χ0) is 13.7. The molecular weight excluding hydrogens is 232 g/mol. The summed E-state index contributed by atoms with van der Waals surface area (Å²) in [5.41, 5.74) is 0.776. The van der Waals surface area contributed by atoms with Crippen LogP contribution in [-0.4, -0.2) is 41.2 Å². The van der Waals surface area contributed by atoms with E-state index >= 15 is 0 Å². The molecule has 0 bridgehead atoms. The van der Waals surface area contributed by atoms with E-state index in [-0.39, 0.29) is 30.0 Å². The van der Waals surface area contributed by atoms with Gasteiger partial charge in [-0.3, -0.25) is 9.69 Å². The normalized spacial score (nSPS) is 12.4. The molecule has 0 radical (unpaired) electrons. The maximum absolute atomic E-state index is 11.4. The topological polar surface area (TPSA) is 72.8 Å². The molecule has 0 aromatic heterocycles. The summed E-state index contributed by atoms with van der Waals surface area (Å²) in [4.78, 5) is 13.4. The summed E-state index contributed by atoms with van der Waals surface area (Å²) in [6.45, 7) is 4.87. The molecular formula is C13H20N2O3. The van der Waals surface area contributed by atoms with E-state index < -0.39 is 0 Å². The van der Waals surface area contributed by atoms with Gasteiger partial charge in [0, 0.05) is 19.2 Å². The molecule has 100 valence electrons. The Morgan fingerprint density at radius 1 is 1.33 bits per heavy atom. The van der Waals surface area contributed by atoms with Gasteiger partial charge in [-0.05, 0) is 31.2 Å². The van der Waals surface area contributed by atoms with Crippen molar-refractivity contribution in [1.82, 2.24) is 10.2 Å².